The van der Waals surface area contributed by atoms with Crippen LogP contribution >= 0.6 is 0 Å². The number of anilines is 2. The monoisotopic (exact) mass is 320 g/mol. The molecule has 7 heteroatoms. The molecule has 4 rings (SSSR count). The second kappa shape index (κ2) is 6.59. The molecular formula is C16H24N4O3. The normalized spacial score (nSPS) is 26.8. The van der Waals surface area contributed by atoms with Gasteiger partial charge in [-0.2, -0.15) is 0 Å². The first kappa shape index (κ1) is 15.1. The second-order valence-electron chi connectivity index (χ2n) is 6.37. The van der Waals surface area contributed by atoms with Crippen LogP contribution < -0.4 is 10.2 Å². The standard InChI is InChI=1S/C16H24N4O3/c1-2-13(21-7-1)11-17-14-10-15(19-12-18-14)20-5-3-16(4-6-20)22-8-9-23-16/h10,12-13H,1-9,11H2,(H,17,18,19). The number of hydrogen-bond acceptors (Lipinski definition) is 7. The number of nitrogens with zero attached hydrogens (tertiary/aromatic N) is 3. The molecular weight excluding hydrogens is 296 g/mol. The van der Waals surface area contributed by atoms with Gasteiger partial charge in [-0.3, -0.25) is 0 Å². The molecule has 0 aromatic carbocycles. The third kappa shape index (κ3) is 3.41. The smallest absolute Gasteiger partial charge is 0.171 e. The Hall–Kier alpha value is -1.44. The van der Waals surface area contributed by atoms with E-state index in [9.17, 15) is 0 Å². The minimum Gasteiger partial charge on any atom is -0.376 e. The van der Waals surface area contributed by atoms with Crippen LogP contribution in [0.2, 0.25) is 0 Å². The number of hydrogen-bond donors (Lipinski definition) is 1. The van der Waals surface area contributed by atoms with Crippen molar-refractivity contribution in [2.24, 2.45) is 0 Å². The molecule has 0 saturated carbocycles. The van der Waals surface area contributed by atoms with Crippen molar-refractivity contribution in [2.75, 3.05) is 49.7 Å². The molecule has 1 N–H and O–H groups in total. The summed E-state index contributed by atoms with van der Waals surface area (Å²) in [7, 11) is 0. The fraction of sp³-hybridized carbons (Fsp3) is 0.750. The van der Waals surface area contributed by atoms with Gasteiger partial charge in [-0.25, -0.2) is 9.97 Å². The SMILES string of the molecule is c1nc(NCC2CCCO2)cc(N2CCC3(CC2)OCCO3)n1. The van der Waals surface area contributed by atoms with Crippen molar-refractivity contribution in [3.05, 3.63) is 12.4 Å². The Morgan fingerprint density at radius 2 is 2.00 bits per heavy atom. The predicted octanol–water partition coefficient (Wildman–Crippen LogP) is 1.41. The molecule has 1 spiro atoms. The summed E-state index contributed by atoms with van der Waals surface area (Å²) in [6.45, 7) is 4.89. The molecule has 7 nitrogen and oxygen atoms in total. The first-order valence-corrected chi connectivity index (χ1v) is 8.53. The maximum absolute atomic E-state index is 5.78. The van der Waals surface area contributed by atoms with E-state index in [4.69, 9.17) is 14.2 Å². The van der Waals surface area contributed by atoms with E-state index >= 15 is 0 Å². The highest BCUT2D eigenvalue weighted by molar-refractivity contribution is 5.48. The van der Waals surface area contributed by atoms with Crippen molar-refractivity contribution in [1.82, 2.24) is 9.97 Å². The summed E-state index contributed by atoms with van der Waals surface area (Å²) in [4.78, 5) is 11.0. The molecule has 126 valence electrons. The number of ether oxygens (including phenoxy) is 3. The largest absolute Gasteiger partial charge is 0.376 e. The van der Waals surface area contributed by atoms with E-state index in [0.29, 0.717) is 19.3 Å². The zero-order valence-corrected chi connectivity index (χ0v) is 13.4. The van der Waals surface area contributed by atoms with E-state index in [1.165, 1.54) is 0 Å². The molecule has 4 heterocycles. The Kier molecular flexibility index (Phi) is 4.33. The van der Waals surface area contributed by atoms with Gasteiger partial charge >= 0.3 is 0 Å². The van der Waals surface area contributed by atoms with Crippen molar-refractivity contribution >= 4 is 11.6 Å². The van der Waals surface area contributed by atoms with Crippen LogP contribution in [0, 0.1) is 0 Å². The van der Waals surface area contributed by atoms with Crippen LogP contribution in [0.4, 0.5) is 11.6 Å². The lowest BCUT2D eigenvalue weighted by Gasteiger charge is -2.38. The lowest BCUT2D eigenvalue weighted by Crippen LogP contribution is -2.45. The summed E-state index contributed by atoms with van der Waals surface area (Å²) in [6, 6.07) is 2.02. The van der Waals surface area contributed by atoms with E-state index in [0.717, 1.165) is 63.6 Å². The maximum Gasteiger partial charge on any atom is 0.171 e. The van der Waals surface area contributed by atoms with Crippen LogP contribution in [-0.4, -0.2) is 61.3 Å². The summed E-state index contributed by atoms with van der Waals surface area (Å²) < 4.78 is 17.2. The summed E-state index contributed by atoms with van der Waals surface area (Å²) in [5, 5.41) is 3.36. The molecule has 1 unspecified atom stereocenters. The van der Waals surface area contributed by atoms with Gasteiger partial charge in [0.2, 0.25) is 0 Å². The summed E-state index contributed by atoms with van der Waals surface area (Å²) in [5.74, 6) is 1.48. The number of aromatic nitrogens is 2. The van der Waals surface area contributed by atoms with Crippen LogP contribution in [0.25, 0.3) is 0 Å². The van der Waals surface area contributed by atoms with Gasteiger partial charge in [-0.15, -0.1) is 0 Å². The Labute approximate surface area is 136 Å². The van der Waals surface area contributed by atoms with E-state index < -0.39 is 0 Å². The topological polar surface area (TPSA) is 68.7 Å². The highest BCUT2D eigenvalue weighted by Gasteiger charge is 2.40. The van der Waals surface area contributed by atoms with E-state index in [1.807, 2.05) is 6.07 Å². The quantitative estimate of drug-likeness (QED) is 0.899. The Bertz CT molecular complexity index is 520. The molecule has 1 aromatic heterocycles. The van der Waals surface area contributed by atoms with Gasteiger partial charge in [-0.1, -0.05) is 0 Å². The van der Waals surface area contributed by atoms with Crippen molar-refractivity contribution in [1.29, 1.82) is 0 Å². The zero-order chi connectivity index (χ0) is 15.5. The van der Waals surface area contributed by atoms with Crippen molar-refractivity contribution in [3.63, 3.8) is 0 Å². The lowest BCUT2D eigenvalue weighted by atomic mass is 10.0. The zero-order valence-electron chi connectivity index (χ0n) is 13.4. The van der Waals surface area contributed by atoms with Crippen LogP contribution in [-0.2, 0) is 14.2 Å². The van der Waals surface area contributed by atoms with Crippen LogP contribution in [0.5, 0.6) is 0 Å². The van der Waals surface area contributed by atoms with Gasteiger partial charge in [0, 0.05) is 45.1 Å². The van der Waals surface area contributed by atoms with Gasteiger partial charge in [0.1, 0.15) is 18.0 Å². The summed E-state index contributed by atoms with van der Waals surface area (Å²) in [5.41, 5.74) is 0. The van der Waals surface area contributed by atoms with E-state index in [2.05, 4.69) is 20.2 Å². The lowest BCUT2D eigenvalue weighted by molar-refractivity contribution is -0.169. The molecule has 3 saturated heterocycles. The van der Waals surface area contributed by atoms with E-state index in [-0.39, 0.29) is 5.79 Å². The molecule has 1 atom stereocenters. The second-order valence-corrected chi connectivity index (χ2v) is 6.37. The molecule has 0 amide bonds. The first-order chi connectivity index (χ1) is 11.3. The third-order valence-corrected chi connectivity index (χ3v) is 4.85. The van der Waals surface area contributed by atoms with E-state index in [1.54, 1.807) is 6.33 Å². The number of nitrogens with one attached hydrogen (secondary N) is 1. The average Bonchev–Trinajstić information content (AvgIpc) is 3.26. The summed E-state index contributed by atoms with van der Waals surface area (Å²) >= 11 is 0. The summed E-state index contributed by atoms with van der Waals surface area (Å²) in [6.07, 6.45) is 5.98. The molecule has 0 radical (unpaired) electrons. The molecule has 3 aliphatic heterocycles. The third-order valence-electron chi connectivity index (χ3n) is 4.85. The van der Waals surface area contributed by atoms with Crippen molar-refractivity contribution < 1.29 is 14.2 Å². The minimum atomic E-state index is -0.343. The molecule has 0 aliphatic carbocycles. The van der Waals surface area contributed by atoms with Gasteiger partial charge in [-0.05, 0) is 12.8 Å². The highest BCUT2D eigenvalue weighted by Crippen LogP contribution is 2.32. The maximum atomic E-state index is 5.78. The Morgan fingerprint density at radius 3 is 2.74 bits per heavy atom. The van der Waals surface area contributed by atoms with Crippen LogP contribution in [0.3, 0.4) is 0 Å². The molecule has 3 aliphatic rings. The van der Waals surface area contributed by atoms with Gasteiger partial charge in [0.15, 0.2) is 5.79 Å². The predicted molar refractivity (Wildman–Crippen MR) is 85.6 cm³/mol. The van der Waals surface area contributed by atoms with Crippen molar-refractivity contribution in [2.45, 2.75) is 37.6 Å². The van der Waals surface area contributed by atoms with Crippen molar-refractivity contribution in [3.8, 4) is 0 Å². The average molecular weight is 320 g/mol. The Balaban J connectivity index is 1.34. The molecule has 1 aromatic rings. The number of rotatable bonds is 4. The molecule has 23 heavy (non-hydrogen) atoms. The highest BCUT2D eigenvalue weighted by atomic mass is 16.7. The van der Waals surface area contributed by atoms with Gasteiger partial charge in [0.05, 0.1) is 19.3 Å². The molecule has 0 bridgehead atoms. The van der Waals surface area contributed by atoms with Gasteiger partial charge < -0.3 is 24.4 Å². The van der Waals surface area contributed by atoms with Crippen LogP contribution in [0.15, 0.2) is 12.4 Å². The fourth-order valence-corrected chi connectivity index (χ4v) is 3.50. The first-order valence-electron chi connectivity index (χ1n) is 8.53. The fourth-order valence-electron chi connectivity index (χ4n) is 3.50. The Morgan fingerprint density at radius 1 is 1.17 bits per heavy atom. The van der Waals surface area contributed by atoms with Gasteiger partial charge in [0.25, 0.3) is 0 Å². The minimum absolute atomic E-state index is 0.305. The number of piperidine rings is 1. The molecule has 3 fully saturated rings. The van der Waals surface area contributed by atoms with Crippen LogP contribution in [0.1, 0.15) is 25.7 Å².